The van der Waals surface area contributed by atoms with Crippen LogP contribution in [0.5, 0.6) is 5.75 Å². The number of aryl methyl sites for hydroxylation is 1. The van der Waals surface area contributed by atoms with Crippen LogP contribution in [0.25, 0.3) is 5.69 Å². The first kappa shape index (κ1) is 20.3. The van der Waals surface area contributed by atoms with Crippen molar-refractivity contribution >= 4 is 11.6 Å². The molecule has 0 aliphatic carbocycles. The number of anilines is 1. The molecule has 0 radical (unpaired) electrons. The second-order valence-corrected chi connectivity index (χ2v) is 6.05. The molecule has 0 unspecified atom stereocenters. The number of carbonyl (C=O) groups excluding carboxylic acids is 1. The highest BCUT2D eigenvalue weighted by Gasteiger charge is 2.28. The van der Waals surface area contributed by atoms with Gasteiger partial charge in [-0.25, -0.2) is 13.5 Å². The molecule has 1 heterocycles. The van der Waals surface area contributed by atoms with Crippen molar-refractivity contribution in [3.8, 4) is 11.4 Å². The van der Waals surface area contributed by atoms with E-state index in [9.17, 15) is 26.7 Å². The van der Waals surface area contributed by atoms with Crippen molar-refractivity contribution in [2.24, 2.45) is 0 Å². The van der Waals surface area contributed by atoms with Crippen molar-refractivity contribution in [3.63, 3.8) is 0 Å². The Balaban J connectivity index is 1.73. The van der Waals surface area contributed by atoms with Gasteiger partial charge < -0.3 is 10.1 Å². The minimum absolute atomic E-state index is 0.0274. The number of aromatic nitrogens is 2. The van der Waals surface area contributed by atoms with E-state index in [1.165, 1.54) is 43.5 Å². The summed E-state index contributed by atoms with van der Waals surface area (Å²) in [6, 6.07) is 8.69. The molecule has 0 aliphatic heterocycles. The Bertz CT molecular complexity index is 1030. The number of hydrogen-bond donors (Lipinski definition) is 1. The van der Waals surface area contributed by atoms with Gasteiger partial charge in [0, 0.05) is 11.9 Å². The fraction of sp³-hybridized carbons (Fsp3) is 0.158. The zero-order valence-corrected chi connectivity index (χ0v) is 14.9. The molecular weight excluding hydrogens is 397 g/mol. The van der Waals surface area contributed by atoms with Crippen LogP contribution in [0.1, 0.15) is 16.1 Å². The van der Waals surface area contributed by atoms with Crippen LogP contribution in [0.2, 0.25) is 0 Å². The van der Waals surface area contributed by atoms with Crippen molar-refractivity contribution in [2.75, 3.05) is 11.9 Å². The Hall–Kier alpha value is -3.43. The number of hydrogen-bond acceptors (Lipinski definition) is 3. The first-order valence-electron chi connectivity index (χ1n) is 8.25. The number of ether oxygens (including phenoxy) is 1. The summed E-state index contributed by atoms with van der Waals surface area (Å²) in [4.78, 5) is 12.3. The van der Waals surface area contributed by atoms with E-state index in [1.807, 2.05) is 0 Å². The van der Waals surface area contributed by atoms with Crippen molar-refractivity contribution < 1.29 is 31.5 Å². The summed E-state index contributed by atoms with van der Waals surface area (Å²) in [5, 5.41) is 6.38. The predicted molar refractivity (Wildman–Crippen MR) is 94.2 cm³/mol. The van der Waals surface area contributed by atoms with Gasteiger partial charge in [-0.05, 0) is 48.9 Å². The lowest BCUT2D eigenvalue weighted by Gasteiger charge is -2.12. The van der Waals surface area contributed by atoms with Gasteiger partial charge in [-0.15, -0.1) is 0 Å². The highest BCUT2D eigenvalue weighted by Crippen LogP contribution is 2.25. The molecule has 152 valence electrons. The summed E-state index contributed by atoms with van der Waals surface area (Å²) in [6.07, 6.45) is -3.23. The third-order valence-corrected chi connectivity index (χ3v) is 3.81. The summed E-state index contributed by atoms with van der Waals surface area (Å²) in [6.45, 7) is 0.0978. The number of carbonyl (C=O) groups is 1. The zero-order valence-electron chi connectivity index (χ0n) is 14.9. The molecule has 3 rings (SSSR count). The van der Waals surface area contributed by atoms with E-state index < -0.39 is 36.0 Å². The molecule has 1 aromatic heterocycles. The quantitative estimate of drug-likeness (QED) is 0.622. The Kier molecular flexibility index (Phi) is 5.53. The Morgan fingerprint density at radius 1 is 1.14 bits per heavy atom. The number of rotatable bonds is 5. The van der Waals surface area contributed by atoms with Gasteiger partial charge in [-0.1, -0.05) is 6.07 Å². The third kappa shape index (κ3) is 4.89. The van der Waals surface area contributed by atoms with Gasteiger partial charge >= 0.3 is 6.18 Å². The number of nitrogens with one attached hydrogen (secondary N) is 1. The molecule has 1 N–H and O–H groups in total. The molecule has 0 spiro atoms. The SMILES string of the molecule is Cc1cc(NC(=O)c2ccn(-c3c(F)cccc3F)n2)ccc1OCC(F)(F)F. The zero-order chi connectivity index (χ0) is 21.2. The topological polar surface area (TPSA) is 56.2 Å². The van der Waals surface area contributed by atoms with E-state index in [2.05, 4.69) is 10.4 Å². The van der Waals surface area contributed by atoms with Crippen LogP contribution in [0.4, 0.5) is 27.6 Å². The summed E-state index contributed by atoms with van der Waals surface area (Å²) >= 11 is 0. The number of alkyl halides is 3. The molecule has 0 bridgehead atoms. The van der Waals surface area contributed by atoms with Gasteiger partial charge in [0.05, 0.1) is 0 Å². The number of benzene rings is 2. The third-order valence-electron chi connectivity index (χ3n) is 3.81. The molecule has 2 aromatic carbocycles. The summed E-state index contributed by atoms with van der Waals surface area (Å²) in [5.41, 5.74) is 0.140. The highest BCUT2D eigenvalue weighted by atomic mass is 19.4. The molecule has 0 saturated carbocycles. The maximum absolute atomic E-state index is 13.8. The van der Waals surface area contributed by atoms with Gasteiger partial charge in [-0.2, -0.15) is 18.3 Å². The van der Waals surface area contributed by atoms with Gasteiger partial charge in [0.15, 0.2) is 23.9 Å². The summed E-state index contributed by atoms with van der Waals surface area (Å²) in [7, 11) is 0. The van der Waals surface area contributed by atoms with E-state index >= 15 is 0 Å². The van der Waals surface area contributed by atoms with Gasteiger partial charge in [0.2, 0.25) is 0 Å². The maximum atomic E-state index is 13.8. The lowest BCUT2D eigenvalue weighted by atomic mass is 10.2. The van der Waals surface area contributed by atoms with Crippen molar-refractivity contribution in [3.05, 3.63) is 71.6 Å². The molecule has 0 aliphatic rings. The van der Waals surface area contributed by atoms with E-state index in [4.69, 9.17) is 4.74 Å². The molecule has 5 nitrogen and oxygen atoms in total. The lowest BCUT2D eigenvalue weighted by Crippen LogP contribution is -2.19. The minimum atomic E-state index is -4.46. The Morgan fingerprint density at radius 2 is 1.83 bits per heavy atom. The van der Waals surface area contributed by atoms with E-state index in [1.54, 1.807) is 0 Å². The van der Waals surface area contributed by atoms with E-state index in [-0.39, 0.29) is 11.4 Å². The molecule has 1 amide bonds. The van der Waals surface area contributed by atoms with Crippen molar-refractivity contribution in [1.82, 2.24) is 9.78 Å². The number of halogens is 5. The predicted octanol–water partition coefficient (Wildman–Crippen LogP) is 4.65. The fourth-order valence-electron chi connectivity index (χ4n) is 2.52. The first-order chi connectivity index (χ1) is 13.6. The fourth-order valence-corrected chi connectivity index (χ4v) is 2.52. The van der Waals surface area contributed by atoms with Crippen LogP contribution in [0, 0.1) is 18.6 Å². The minimum Gasteiger partial charge on any atom is -0.484 e. The second kappa shape index (κ2) is 7.90. The van der Waals surface area contributed by atoms with Crippen LogP contribution in [-0.2, 0) is 0 Å². The largest absolute Gasteiger partial charge is 0.484 e. The number of amides is 1. The van der Waals surface area contributed by atoms with Crippen LogP contribution in [-0.4, -0.2) is 28.5 Å². The van der Waals surface area contributed by atoms with Crippen molar-refractivity contribution in [1.29, 1.82) is 0 Å². The maximum Gasteiger partial charge on any atom is 0.422 e. The molecule has 29 heavy (non-hydrogen) atoms. The second-order valence-electron chi connectivity index (χ2n) is 6.05. The van der Waals surface area contributed by atoms with Crippen molar-refractivity contribution in [2.45, 2.75) is 13.1 Å². The summed E-state index contributed by atoms with van der Waals surface area (Å²) in [5.74, 6) is -2.32. The van der Waals surface area contributed by atoms with Crippen LogP contribution in [0.3, 0.4) is 0 Å². The smallest absolute Gasteiger partial charge is 0.422 e. The molecule has 0 saturated heterocycles. The van der Waals surface area contributed by atoms with Gasteiger partial charge in [0.1, 0.15) is 11.4 Å². The Morgan fingerprint density at radius 3 is 2.45 bits per heavy atom. The van der Waals surface area contributed by atoms with E-state index in [0.29, 0.717) is 11.3 Å². The average molecular weight is 411 g/mol. The normalized spacial score (nSPS) is 11.4. The molecule has 3 aromatic rings. The number of nitrogens with zero attached hydrogens (tertiary/aromatic N) is 2. The number of para-hydroxylation sites is 1. The Labute approximate surface area is 161 Å². The molecule has 0 atom stereocenters. The summed E-state index contributed by atoms with van der Waals surface area (Å²) < 4.78 is 70.0. The lowest BCUT2D eigenvalue weighted by molar-refractivity contribution is -0.153. The first-order valence-corrected chi connectivity index (χ1v) is 8.25. The van der Waals surface area contributed by atoms with E-state index in [0.717, 1.165) is 16.8 Å². The van der Waals surface area contributed by atoms with Crippen LogP contribution >= 0.6 is 0 Å². The monoisotopic (exact) mass is 411 g/mol. The molecular formula is C19H14F5N3O2. The molecule has 10 heteroatoms. The molecule has 0 fully saturated rings. The van der Waals surface area contributed by atoms with Crippen LogP contribution < -0.4 is 10.1 Å². The standard InChI is InChI=1S/C19H14F5N3O2/c1-11-9-12(5-6-16(11)29-10-19(22,23)24)25-18(28)15-7-8-27(26-15)17-13(20)3-2-4-14(17)21/h2-9H,10H2,1H3,(H,25,28). The van der Waals surface area contributed by atoms with Crippen LogP contribution in [0.15, 0.2) is 48.7 Å². The highest BCUT2D eigenvalue weighted by molar-refractivity contribution is 6.02. The average Bonchev–Trinajstić information content (AvgIpc) is 3.10. The van der Waals surface area contributed by atoms with Gasteiger partial charge in [0.25, 0.3) is 5.91 Å². The van der Waals surface area contributed by atoms with Gasteiger partial charge in [-0.3, -0.25) is 4.79 Å².